The zero-order valence-corrected chi connectivity index (χ0v) is 14.6. The Labute approximate surface area is 147 Å². The van der Waals surface area contributed by atoms with Gasteiger partial charge in [-0.3, -0.25) is 4.79 Å². The molecule has 0 atom stereocenters. The van der Waals surface area contributed by atoms with Gasteiger partial charge in [0.2, 0.25) is 5.91 Å². The van der Waals surface area contributed by atoms with Crippen molar-refractivity contribution in [3.8, 4) is 0 Å². The molecule has 132 valence electrons. The van der Waals surface area contributed by atoms with Gasteiger partial charge in [0.25, 0.3) is 0 Å². The molecule has 0 saturated carbocycles. The van der Waals surface area contributed by atoms with E-state index in [-0.39, 0.29) is 17.6 Å². The third-order valence-electron chi connectivity index (χ3n) is 4.61. The van der Waals surface area contributed by atoms with Crippen LogP contribution in [0.25, 0.3) is 0 Å². The number of hydrogen-bond acceptors (Lipinski definition) is 4. The van der Waals surface area contributed by atoms with Crippen LogP contribution in [-0.4, -0.2) is 29.0 Å². The molecule has 1 fully saturated rings. The lowest BCUT2D eigenvalue weighted by molar-refractivity contribution is -0.125. The molecule has 1 aromatic heterocycles. The lowest BCUT2D eigenvalue weighted by Gasteiger charge is -2.33. The van der Waals surface area contributed by atoms with Gasteiger partial charge in [-0.05, 0) is 44.4 Å². The minimum Gasteiger partial charge on any atom is -0.356 e. The molecule has 2 heterocycles. The summed E-state index contributed by atoms with van der Waals surface area (Å²) in [6.07, 6.45) is 3.45. The molecule has 1 amide bonds. The predicted octanol–water partition coefficient (Wildman–Crippen LogP) is 2.77. The summed E-state index contributed by atoms with van der Waals surface area (Å²) in [5, 5.41) is 2.96. The molecule has 1 saturated heterocycles. The van der Waals surface area contributed by atoms with E-state index in [2.05, 4.69) is 20.2 Å². The fourth-order valence-electron chi connectivity index (χ4n) is 3.13. The van der Waals surface area contributed by atoms with E-state index < -0.39 is 0 Å². The van der Waals surface area contributed by atoms with Gasteiger partial charge in [-0.15, -0.1) is 0 Å². The largest absolute Gasteiger partial charge is 0.356 e. The fourth-order valence-corrected chi connectivity index (χ4v) is 3.13. The summed E-state index contributed by atoms with van der Waals surface area (Å²) in [4.78, 5) is 23.3. The molecule has 2 aromatic rings. The van der Waals surface area contributed by atoms with Crippen molar-refractivity contribution >= 4 is 11.7 Å². The molecule has 1 aromatic carbocycles. The highest BCUT2D eigenvalue weighted by Crippen LogP contribution is 2.24. The fraction of sp³-hybridized carbons (Fsp3) is 0.421. The van der Waals surface area contributed by atoms with Crippen LogP contribution >= 0.6 is 0 Å². The van der Waals surface area contributed by atoms with Gasteiger partial charge in [0, 0.05) is 37.3 Å². The number of rotatable bonds is 4. The number of carbonyl (C=O) groups excluding carboxylic acids is 1. The van der Waals surface area contributed by atoms with Crippen LogP contribution in [0.5, 0.6) is 0 Å². The van der Waals surface area contributed by atoms with Crippen molar-refractivity contribution in [3.05, 3.63) is 53.2 Å². The topological polar surface area (TPSA) is 58.1 Å². The van der Waals surface area contributed by atoms with Gasteiger partial charge in [-0.1, -0.05) is 12.1 Å². The lowest BCUT2D eigenvalue weighted by atomic mass is 9.95. The summed E-state index contributed by atoms with van der Waals surface area (Å²) in [5.41, 5.74) is 1.96. The molecule has 25 heavy (non-hydrogen) atoms. The average Bonchev–Trinajstić information content (AvgIpc) is 2.63. The summed E-state index contributed by atoms with van der Waals surface area (Å²) in [6.45, 7) is 5.95. The first-order chi connectivity index (χ1) is 12.0. The monoisotopic (exact) mass is 342 g/mol. The minimum atomic E-state index is -0.266. The molecule has 3 rings (SSSR count). The van der Waals surface area contributed by atoms with Crippen molar-refractivity contribution in [2.24, 2.45) is 5.92 Å². The Morgan fingerprint density at radius 1 is 1.24 bits per heavy atom. The minimum absolute atomic E-state index is 0.0138. The molecule has 1 aliphatic heterocycles. The number of anilines is 1. The van der Waals surface area contributed by atoms with Crippen molar-refractivity contribution in [2.75, 3.05) is 18.0 Å². The van der Waals surface area contributed by atoms with Crippen LogP contribution in [0, 0.1) is 25.6 Å². The highest BCUT2D eigenvalue weighted by Gasteiger charge is 2.26. The second kappa shape index (κ2) is 7.59. The number of nitrogens with zero attached hydrogens (tertiary/aromatic N) is 3. The molecule has 0 radical (unpaired) electrons. The van der Waals surface area contributed by atoms with Crippen LogP contribution in [0.4, 0.5) is 10.2 Å². The van der Waals surface area contributed by atoms with Crippen molar-refractivity contribution in [1.29, 1.82) is 0 Å². The quantitative estimate of drug-likeness (QED) is 0.928. The number of hydrogen-bond donors (Lipinski definition) is 1. The van der Waals surface area contributed by atoms with Crippen molar-refractivity contribution in [3.63, 3.8) is 0 Å². The number of nitrogens with one attached hydrogen (secondary N) is 1. The summed E-state index contributed by atoms with van der Waals surface area (Å²) < 4.78 is 12.9. The van der Waals surface area contributed by atoms with Crippen LogP contribution in [0.2, 0.25) is 0 Å². The standard InChI is InChI=1S/C19H23FN4O/c1-13-11-21-14(2)23-18(13)24-9-7-16(8-10-24)19(25)22-12-15-3-5-17(20)6-4-15/h3-6,11,16H,7-10,12H2,1-2H3,(H,22,25). The van der Waals surface area contributed by atoms with Crippen LogP contribution in [0.3, 0.4) is 0 Å². The van der Waals surface area contributed by atoms with E-state index in [1.165, 1.54) is 12.1 Å². The molecule has 6 heteroatoms. The molecule has 1 N–H and O–H groups in total. The number of piperidine rings is 1. The van der Waals surface area contributed by atoms with Crippen LogP contribution in [0.1, 0.15) is 29.8 Å². The van der Waals surface area contributed by atoms with Crippen LogP contribution in [0.15, 0.2) is 30.5 Å². The average molecular weight is 342 g/mol. The molecular weight excluding hydrogens is 319 g/mol. The first kappa shape index (κ1) is 17.3. The first-order valence-electron chi connectivity index (χ1n) is 8.60. The summed E-state index contributed by atoms with van der Waals surface area (Å²) in [7, 11) is 0. The maximum absolute atomic E-state index is 12.9. The molecular formula is C19H23FN4O. The second-order valence-corrected chi connectivity index (χ2v) is 6.53. The summed E-state index contributed by atoms with van der Waals surface area (Å²) >= 11 is 0. The third kappa shape index (κ3) is 4.32. The Balaban J connectivity index is 1.52. The molecule has 0 bridgehead atoms. The maximum Gasteiger partial charge on any atom is 0.223 e. The van der Waals surface area contributed by atoms with E-state index in [9.17, 15) is 9.18 Å². The highest BCUT2D eigenvalue weighted by molar-refractivity contribution is 5.79. The number of benzene rings is 1. The predicted molar refractivity (Wildman–Crippen MR) is 94.7 cm³/mol. The highest BCUT2D eigenvalue weighted by atomic mass is 19.1. The Kier molecular flexibility index (Phi) is 5.26. The zero-order valence-electron chi connectivity index (χ0n) is 14.6. The first-order valence-corrected chi connectivity index (χ1v) is 8.60. The molecule has 1 aliphatic rings. The smallest absolute Gasteiger partial charge is 0.223 e. The van der Waals surface area contributed by atoms with Crippen LogP contribution in [-0.2, 0) is 11.3 Å². The Morgan fingerprint density at radius 2 is 1.92 bits per heavy atom. The van der Waals surface area contributed by atoms with Crippen LogP contribution < -0.4 is 10.2 Å². The van der Waals surface area contributed by atoms with E-state index >= 15 is 0 Å². The van der Waals surface area contributed by atoms with Gasteiger partial charge in [-0.2, -0.15) is 0 Å². The number of aromatic nitrogens is 2. The summed E-state index contributed by atoms with van der Waals surface area (Å²) in [6, 6.07) is 6.20. The Bertz CT molecular complexity index is 740. The molecule has 0 spiro atoms. The van der Waals surface area contributed by atoms with E-state index in [0.717, 1.165) is 48.7 Å². The molecule has 0 aliphatic carbocycles. The van der Waals surface area contributed by atoms with E-state index in [1.807, 2.05) is 20.0 Å². The van der Waals surface area contributed by atoms with Gasteiger partial charge < -0.3 is 10.2 Å². The summed E-state index contributed by atoms with van der Waals surface area (Å²) in [5.74, 6) is 1.55. The van der Waals surface area contributed by atoms with Gasteiger partial charge in [0.05, 0.1) is 0 Å². The zero-order chi connectivity index (χ0) is 17.8. The van der Waals surface area contributed by atoms with Gasteiger partial charge in [0.15, 0.2) is 0 Å². The SMILES string of the molecule is Cc1ncc(C)c(N2CCC(C(=O)NCc3ccc(F)cc3)CC2)n1. The normalized spacial score (nSPS) is 15.2. The Hall–Kier alpha value is -2.50. The van der Waals surface area contributed by atoms with Crippen molar-refractivity contribution in [1.82, 2.24) is 15.3 Å². The number of carbonyl (C=O) groups is 1. The van der Waals surface area contributed by atoms with E-state index in [0.29, 0.717) is 6.54 Å². The lowest BCUT2D eigenvalue weighted by Crippen LogP contribution is -2.41. The second-order valence-electron chi connectivity index (χ2n) is 6.53. The van der Waals surface area contributed by atoms with E-state index in [1.54, 1.807) is 12.1 Å². The number of aryl methyl sites for hydroxylation is 2. The Morgan fingerprint density at radius 3 is 2.60 bits per heavy atom. The van der Waals surface area contributed by atoms with Gasteiger partial charge >= 0.3 is 0 Å². The molecule has 5 nitrogen and oxygen atoms in total. The molecule has 0 unspecified atom stereocenters. The third-order valence-corrected chi connectivity index (χ3v) is 4.61. The van der Waals surface area contributed by atoms with Crippen molar-refractivity contribution in [2.45, 2.75) is 33.2 Å². The number of halogens is 1. The maximum atomic E-state index is 12.9. The van der Waals surface area contributed by atoms with E-state index in [4.69, 9.17) is 0 Å². The van der Waals surface area contributed by atoms with Gasteiger partial charge in [0.1, 0.15) is 17.5 Å². The number of amides is 1. The van der Waals surface area contributed by atoms with Gasteiger partial charge in [-0.25, -0.2) is 14.4 Å². The van der Waals surface area contributed by atoms with Crippen molar-refractivity contribution < 1.29 is 9.18 Å².